The summed E-state index contributed by atoms with van der Waals surface area (Å²) in [4.78, 5) is 0. The first kappa shape index (κ1) is 8.85. The molecule has 0 N–H and O–H groups in total. The third kappa shape index (κ3) is 13.6. The summed E-state index contributed by atoms with van der Waals surface area (Å²) in [6.45, 7) is 0. The SMILES string of the molecule is Cl.[O]=[Al][SiH3]. The van der Waals surface area contributed by atoms with Crippen molar-refractivity contribution in [3.8, 4) is 0 Å². The fourth-order valence-corrected chi connectivity index (χ4v) is 0. The van der Waals surface area contributed by atoms with Gasteiger partial charge >= 0.3 is 27.1 Å². The van der Waals surface area contributed by atoms with Crippen LogP contribution >= 0.6 is 12.4 Å². The van der Waals surface area contributed by atoms with Gasteiger partial charge in [-0.15, -0.1) is 12.4 Å². The summed E-state index contributed by atoms with van der Waals surface area (Å²) in [5.74, 6) is 0. The zero-order valence-corrected chi connectivity index (χ0v) is 6.37. The van der Waals surface area contributed by atoms with E-state index in [0.717, 1.165) is 8.80 Å². The van der Waals surface area contributed by atoms with Crippen molar-refractivity contribution in [2.45, 2.75) is 0 Å². The van der Waals surface area contributed by atoms with E-state index < -0.39 is 0 Å². The summed E-state index contributed by atoms with van der Waals surface area (Å²) in [5, 5.41) is 0. The van der Waals surface area contributed by atoms with E-state index in [9.17, 15) is 0 Å². The monoisotopic (exact) mass is 110 g/mol. The summed E-state index contributed by atoms with van der Waals surface area (Å²) >= 11 is -0.361. The van der Waals surface area contributed by atoms with Gasteiger partial charge in [-0.1, -0.05) is 0 Å². The quantitative estimate of drug-likeness (QED) is 0.356. The first-order valence-corrected chi connectivity index (χ1v) is 5.90. The molecule has 0 saturated heterocycles. The van der Waals surface area contributed by atoms with Gasteiger partial charge in [0.15, 0.2) is 0 Å². The summed E-state index contributed by atoms with van der Waals surface area (Å²) < 4.78 is 9.08. The molecule has 0 bridgehead atoms. The Morgan fingerprint density at radius 2 is 1.75 bits per heavy atom. The molecule has 0 aromatic rings. The average Bonchev–Trinajstić information content (AvgIpc) is 0.918. The summed E-state index contributed by atoms with van der Waals surface area (Å²) in [7, 11) is 0.897. The van der Waals surface area contributed by atoms with Crippen molar-refractivity contribution in [2.24, 2.45) is 0 Å². The molecule has 0 heterocycles. The van der Waals surface area contributed by atoms with Crippen LogP contribution in [0.5, 0.6) is 0 Å². The Kier molecular flexibility index (Phi) is 20.2. The molecule has 0 amide bonds. The van der Waals surface area contributed by atoms with E-state index in [-0.39, 0.29) is 26.9 Å². The molecule has 1 nitrogen and oxygen atoms in total. The molecule has 0 aromatic carbocycles. The molecule has 4 heavy (non-hydrogen) atoms. The second kappa shape index (κ2) is 9.15. The van der Waals surface area contributed by atoms with E-state index in [4.69, 9.17) is 3.80 Å². The molecule has 0 saturated carbocycles. The Bertz CT molecular complexity index is 15.5. The van der Waals surface area contributed by atoms with Crippen molar-refractivity contribution < 1.29 is 3.80 Å². The molecule has 24 valence electrons. The van der Waals surface area contributed by atoms with Crippen LogP contribution in [0, 0.1) is 0 Å². The molecule has 0 atom stereocenters. The van der Waals surface area contributed by atoms with Crippen LogP contribution in [-0.4, -0.2) is 23.3 Å². The molecule has 0 radical (unpaired) electrons. The fourth-order valence-electron chi connectivity index (χ4n) is 0. The summed E-state index contributed by atoms with van der Waals surface area (Å²) in [5.41, 5.74) is 0. The van der Waals surface area contributed by atoms with E-state index in [1.807, 2.05) is 0 Å². The van der Waals surface area contributed by atoms with Gasteiger partial charge in [-0.05, 0) is 0 Å². The van der Waals surface area contributed by atoms with Crippen molar-refractivity contribution in [1.82, 2.24) is 0 Å². The molecule has 0 aromatic heterocycles. The predicted molar refractivity (Wildman–Crippen MR) is 23.6 cm³/mol. The molecule has 0 aliphatic carbocycles. The molecule has 0 fully saturated rings. The molecule has 4 heteroatoms. The van der Waals surface area contributed by atoms with Gasteiger partial charge in [-0.3, -0.25) is 0 Å². The van der Waals surface area contributed by atoms with Crippen LogP contribution in [0.15, 0.2) is 0 Å². The number of hydrogen-bond donors (Lipinski definition) is 0. The van der Waals surface area contributed by atoms with Gasteiger partial charge in [-0.2, -0.15) is 0 Å². The van der Waals surface area contributed by atoms with E-state index in [0.29, 0.717) is 0 Å². The van der Waals surface area contributed by atoms with Gasteiger partial charge < -0.3 is 0 Å². The van der Waals surface area contributed by atoms with Gasteiger partial charge in [0.05, 0.1) is 0 Å². The van der Waals surface area contributed by atoms with Crippen molar-refractivity contribution >= 4 is 35.7 Å². The number of halogens is 1. The van der Waals surface area contributed by atoms with Crippen molar-refractivity contribution in [3.05, 3.63) is 0 Å². The Balaban J connectivity index is 0. The van der Waals surface area contributed by atoms with E-state index in [2.05, 4.69) is 0 Å². The van der Waals surface area contributed by atoms with Crippen LogP contribution in [-0.2, 0) is 3.80 Å². The van der Waals surface area contributed by atoms with Gasteiger partial charge in [0, 0.05) is 0 Å². The van der Waals surface area contributed by atoms with Crippen LogP contribution in [0.4, 0.5) is 0 Å². The number of hydrogen-bond acceptors (Lipinski definition) is 1. The Labute approximate surface area is 40.0 Å². The molecular formula is H4AlClOSi. The summed E-state index contributed by atoms with van der Waals surface area (Å²) in [6, 6.07) is 0. The maximum absolute atomic E-state index is 9.08. The first-order valence-electron chi connectivity index (χ1n) is 0.813. The Morgan fingerprint density at radius 1 is 1.75 bits per heavy atom. The molecule has 0 aliphatic heterocycles. The van der Waals surface area contributed by atoms with E-state index in [1.54, 1.807) is 0 Å². The zero-order chi connectivity index (χ0) is 2.71. The minimum absolute atomic E-state index is 0. The van der Waals surface area contributed by atoms with Crippen molar-refractivity contribution in [1.29, 1.82) is 0 Å². The van der Waals surface area contributed by atoms with Crippen LogP contribution in [0.2, 0.25) is 0 Å². The van der Waals surface area contributed by atoms with Crippen molar-refractivity contribution in [3.63, 3.8) is 0 Å². The normalized spacial score (nSPS) is 3.00. The van der Waals surface area contributed by atoms with Gasteiger partial charge in [0.25, 0.3) is 0 Å². The van der Waals surface area contributed by atoms with Crippen molar-refractivity contribution in [2.75, 3.05) is 0 Å². The predicted octanol–water partition coefficient (Wildman–Crippen LogP) is -1.26. The second-order valence-electron chi connectivity index (χ2n) is 0.236. The number of rotatable bonds is 0. The Hall–Kier alpha value is 0.839. The summed E-state index contributed by atoms with van der Waals surface area (Å²) in [6.07, 6.45) is 0. The van der Waals surface area contributed by atoms with Crippen LogP contribution in [0.3, 0.4) is 0 Å². The zero-order valence-electron chi connectivity index (χ0n) is 2.39. The second-order valence-corrected chi connectivity index (χ2v) is 2.12. The third-order valence-corrected chi connectivity index (χ3v) is 0. The molecule has 0 unspecified atom stereocenters. The Morgan fingerprint density at radius 3 is 1.75 bits per heavy atom. The minimum atomic E-state index is -0.361. The van der Waals surface area contributed by atoms with Gasteiger partial charge in [0.1, 0.15) is 0 Å². The topological polar surface area (TPSA) is 17.1 Å². The van der Waals surface area contributed by atoms with E-state index >= 15 is 0 Å². The first-order chi connectivity index (χ1) is 1.41. The molecular weight excluding hydrogens is 107 g/mol. The maximum atomic E-state index is 9.08. The van der Waals surface area contributed by atoms with Gasteiger partial charge in [-0.25, -0.2) is 0 Å². The third-order valence-electron chi connectivity index (χ3n) is 0. The molecule has 0 spiro atoms. The average molecular weight is 111 g/mol. The van der Waals surface area contributed by atoms with Crippen LogP contribution in [0.25, 0.3) is 0 Å². The van der Waals surface area contributed by atoms with Gasteiger partial charge in [0.2, 0.25) is 0 Å². The standard InChI is InChI=1S/Al.ClH.O.H3Si/h;1H;;1H3. The van der Waals surface area contributed by atoms with Crippen LogP contribution in [0.1, 0.15) is 0 Å². The molecule has 0 aliphatic rings. The molecule has 0 rings (SSSR count). The van der Waals surface area contributed by atoms with E-state index in [1.165, 1.54) is 0 Å². The van der Waals surface area contributed by atoms with Crippen LogP contribution < -0.4 is 0 Å². The fraction of sp³-hybridized carbons (Fsp3) is 0.